The first kappa shape index (κ1) is 19.8. The Morgan fingerprint density at radius 3 is 2.23 bits per heavy atom. The molecule has 142 valence electrons. The molecule has 0 aromatic heterocycles. The van der Waals surface area contributed by atoms with E-state index in [4.69, 9.17) is 14.2 Å². The maximum absolute atomic E-state index is 12.4. The standard InChI is InChI=1S/C20H27NO5/c1-4-26-19(23)20(10-6-5-7-11-20)21-18(22)9-8-15-12-16(24-2)14-17(13-15)25-3/h8-9,12-14H,4-7,10-11H2,1-3H3,(H,21,22)/b9-8+. The van der Waals surface area contributed by atoms with Gasteiger partial charge in [-0.1, -0.05) is 19.3 Å². The lowest BCUT2D eigenvalue weighted by Gasteiger charge is -2.35. The number of benzene rings is 1. The fourth-order valence-corrected chi connectivity index (χ4v) is 3.18. The molecule has 0 spiro atoms. The molecule has 6 nitrogen and oxygen atoms in total. The van der Waals surface area contributed by atoms with Crippen molar-refractivity contribution >= 4 is 18.0 Å². The Morgan fingerprint density at radius 1 is 1.08 bits per heavy atom. The SMILES string of the molecule is CCOC(=O)C1(NC(=O)/C=C/c2cc(OC)cc(OC)c2)CCCCC1. The summed E-state index contributed by atoms with van der Waals surface area (Å²) in [6.07, 6.45) is 7.17. The van der Waals surface area contributed by atoms with Crippen LogP contribution in [0.25, 0.3) is 6.08 Å². The highest BCUT2D eigenvalue weighted by molar-refractivity contribution is 5.96. The van der Waals surface area contributed by atoms with Crippen molar-refractivity contribution in [2.24, 2.45) is 0 Å². The second-order valence-electron chi connectivity index (χ2n) is 6.33. The minimum Gasteiger partial charge on any atom is -0.497 e. The van der Waals surface area contributed by atoms with E-state index in [-0.39, 0.29) is 11.9 Å². The van der Waals surface area contributed by atoms with Crippen LogP contribution < -0.4 is 14.8 Å². The number of carbonyl (C=O) groups excluding carboxylic acids is 2. The molecule has 1 aliphatic carbocycles. The number of esters is 1. The van der Waals surface area contributed by atoms with Crippen LogP contribution in [0.3, 0.4) is 0 Å². The Balaban J connectivity index is 2.12. The van der Waals surface area contributed by atoms with E-state index in [2.05, 4.69) is 5.32 Å². The van der Waals surface area contributed by atoms with Gasteiger partial charge in [0.25, 0.3) is 0 Å². The zero-order valence-corrected chi connectivity index (χ0v) is 15.7. The molecule has 1 aromatic carbocycles. The van der Waals surface area contributed by atoms with Gasteiger partial charge in [-0.05, 0) is 43.5 Å². The van der Waals surface area contributed by atoms with Crippen LogP contribution in [0, 0.1) is 0 Å². The molecule has 2 rings (SSSR count). The highest BCUT2D eigenvalue weighted by Gasteiger charge is 2.41. The predicted octanol–water partition coefficient (Wildman–Crippen LogP) is 3.10. The van der Waals surface area contributed by atoms with Gasteiger partial charge in [-0.15, -0.1) is 0 Å². The lowest BCUT2D eigenvalue weighted by Crippen LogP contribution is -2.56. The van der Waals surface area contributed by atoms with E-state index in [0.29, 0.717) is 30.9 Å². The lowest BCUT2D eigenvalue weighted by molar-refractivity contribution is -0.154. The number of nitrogens with one attached hydrogen (secondary N) is 1. The van der Waals surface area contributed by atoms with E-state index in [1.807, 2.05) is 0 Å². The van der Waals surface area contributed by atoms with Crippen molar-refractivity contribution in [3.63, 3.8) is 0 Å². The Kier molecular flexibility index (Phi) is 7.06. The molecule has 0 aliphatic heterocycles. The molecular formula is C20H27NO5. The fourth-order valence-electron chi connectivity index (χ4n) is 3.18. The van der Waals surface area contributed by atoms with E-state index in [0.717, 1.165) is 24.8 Å². The third kappa shape index (κ3) is 5.00. The number of amides is 1. The van der Waals surface area contributed by atoms with Crippen molar-refractivity contribution in [3.8, 4) is 11.5 Å². The summed E-state index contributed by atoms with van der Waals surface area (Å²) in [5.74, 6) is 0.616. The number of hydrogen-bond acceptors (Lipinski definition) is 5. The zero-order valence-electron chi connectivity index (χ0n) is 15.7. The smallest absolute Gasteiger partial charge is 0.331 e. The normalized spacial score (nSPS) is 16.1. The quantitative estimate of drug-likeness (QED) is 0.597. The average Bonchev–Trinajstić information content (AvgIpc) is 2.67. The summed E-state index contributed by atoms with van der Waals surface area (Å²) in [6, 6.07) is 5.36. The maximum Gasteiger partial charge on any atom is 0.331 e. The molecule has 1 saturated carbocycles. The lowest BCUT2D eigenvalue weighted by atomic mass is 9.81. The Hall–Kier alpha value is -2.50. The number of ether oxygens (including phenoxy) is 3. The van der Waals surface area contributed by atoms with Crippen molar-refractivity contribution in [2.75, 3.05) is 20.8 Å². The van der Waals surface area contributed by atoms with Crippen LogP contribution in [0.2, 0.25) is 0 Å². The van der Waals surface area contributed by atoms with Crippen molar-refractivity contribution in [1.82, 2.24) is 5.32 Å². The third-order valence-corrected chi connectivity index (χ3v) is 4.54. The molecule has 1 fully saturated rings. The number of hydrogen-bond donors (Lipinski definition) is 1. The highest BCUT2D eigenvalue weighted by Crippen LogP contribution is 2.29. The largest absolute Gasteiger partial charge is 0.497 e. The number of carbonyl (C=O) groups is 2. The summed E-state index contributed by atoms with van der Waals surface area (Å²) >= 11 is 0. The van der Waals surface area contributed by atoms with Gasteiger partial charge in [0.1, 0.15) is 17.0 Å². The first-order valence-corrected chi connectivity index (χ1v) is 8.93. The highest BCUT2D eigenvalue weighted by atomic mass is 16.5. The average molecular weight is 361 g/mol. The molecule has 1 N–H and O–H groups in total. The van der Waals surface area contributed by atoms with Crippen LogP contribution in [-0.2, 0) is 14.3 Å². The van der Waals surface area contributed by atoms with Gasteiger partial charge in [-0.25, -0.2) is 4.79 Å². The van der Waals surface area contributed by atoms with Crippen molar-refractivity contribution in [2.45, 2.75) is 44.6 Å². The first-order chi connectivity index (χ1) is 12.5. The van der Waals surface area contributed by atoms with Gasteiger partial charge < -0.3 is 19.5 Å². The summed E-state index contributed by atoms with van der Waals surface area (Å²) < 4.78 is 15.6. The van der Waals surface area contributed by atoms with Crippen LogP contribution in [0.5, 0.6) is 11.5 Å². The van der Waals surface area contributed by atoms with E-state index >= 15 is 0 Å². The molecule has 1 aliphatic rings. The van der Waals surface area contributed by atoms with E-state index < -0.39 is 5.54 Å². The Morgan fingerprint density at radius 2 is 1.69 bits per heavy atom. The van der Waals surface area contributed by atoms with E-state index in [9.17, 15) is 9.59 Å². The van der Waals surface area contributed by atoms with Crippen molar-refractivity contribution < 1.29 is 23.8 Å². The maximum atomic E-state index is 12.4. The Labute approximate surface area is 154 Å². The second kappa shape index (κ2) is 9.27. The summed E-state index contributed by atoms with van der Waals surface area (Å²) in [5.41, 5.74) is -0.146. The molecule has 0 unspecified atom stereocenters. The molecule has 26 heavy (non-hydrogen) atoms. The van der Waals surface area contributed by atoms with Gasteiger partial charge in [-0.3, -0.25) is 4.79 Å². The van der Waals surface area contributed by atoms with Crippen molar-refractivity contribution in [1.29, 1.82) is 0 Å². The van der Waals surface area contributed by atoms with Gasteiger partial charge in [0.15, 0.2) is 0 Å². The minimum atomic E-state index is -0.915. The van der Waals surface area contributed by atoms with Crippen LogP contribution in [-0.4, -0.2) is 38.2 Å². The molecule has 0 radical (unpaired) electrons. The molecule has 0 saturated heterocycles. The fraction of sp³-hybridized carbons (Fsp3) is 0.500. The van der Waals surface area contributed by atoms with Gasteiger partial charge in [0.2, 0.25) is 5.91 Å². The second-order valence-corrected chi connectivity index (χ2v) is 6.33. The van der Waals surface area contributed by atoms with Gasteiger partial charge in [0, 0.05) is 12.1 Å². The Bertz CT molecular complexity index is 640. The predicted molar refractivity (Wildman–Crippen MR) is 99.2 cm³/mol. The molecular weight excluding hydrogens is 334 g/mol. The molecule has 1 amide bonds. The summed E-state index contributed by atoms with van der Waals surface area (Å²) in [4.78, 5) is 24.8. The molecule has 0 heterocycles. The monoisotopic (exact) mass is 361 g/mol. The number of methoxy groups -OCH3 is 2. The van der Waals surface area contributed by atoms with Crippen LogP contribution in [0.4, 0.5) is 0 Å². The first-order valence-electron chi connectivity index (χ1n) is 8.93. The zero-order chi connectivity index (χ0) is 19.0. The molecule has 6 heteroatoms. The van der Waals surface area contributed by atoms with Crippen molar-refractivity contribution in [3.05, 3.63) is 29.8 Å². The van der Waals surface area contributed by atoms with E-state index in [1.54, 1.807) is 45.4 Å². The van der Waals surface area contributed by atoms with E-state index in [1.165, 1.54) is 6.08 Å². The topological polar surface area (TPSA) is 73.9 Å². The van der Waals surface area contributed by atoms with Gasteiger partial charge >= 0.3 is 5.97 Å². The summed E-state index contributed by atoms with van der Waals surface area (Å²) in [6.45, 7) is 2.07. The minimum absolute atomic E-state index is 0.301. The third-order valence-electron chi connectivity index (χ3n) is 4.54. The summed E-state index contributed by atoms with van der Waals surface area (Å²) in [7, 11) is 3.14. The van der Waals surface area contributed by atoms with Crippen LogP contribution in [0.1, 0.15) is 44.6 Å². The van der Waals surface area contributed by atoms with Crippen LogP contribution in [0.15, 0.2) is 24.3 Å². The summed E-state index contributed by atoms with van der Waals surface area (Å²) in [5, 5.41) is 2.88. The van der Waals surface area contributed by atoms with Crippen LogP contribution >= 0.6 is 0 Å². The molecule has 1 aromatic rings. The number of rotatable bonds is 7. The molecule has 0 bridgehead atoms. The van der Waals surface area contributed by atoms with Gasteiger partial charge in [-0.2, -0.15) is 0 Å². The molecule has 0 atom stereocenters. The van der Waals surface area contributed by atoms with Gasteiger partial charge in [0.05, 0.1) is 20.8 Å².